The van der Waals surface area contributed by atoms with E-state index in [1.54, 1.807) is 0 Å². The van der Waals surface area contributed by atoms with Gasteiger partial charge in [-0.2, -0.15) is 18.4 Å². The molecule has 0 saturated carbocycles. The molecule has 1 aromatic rings. The van der Waals surface area contributed by atoms with Crippen LogP contribution < -0.4 is 5.32 Å². The van der Waals surface area contributed by atoms with Crippen molar-refractivity contribution in [3.63, 3.8) is 0 Å². The number of benzene rings is 1. The number of aliphatic hydroxyl groups excluding tert-OH is 1. The van der Waals surface area contributed by atoms with Crippen molar-refractivity contribution in [2.45, 2.75) is 32.9 Å². The van der Waals surface area contributed by atoms with Crippen LogP contribution in [-0.2, 0) is 6.18 Å². The molecule has 0 atom stereocenters. The van der Waals surface area contributed by atoms with E-state index >= 15 is 0 Å². The van der Waals surface area contributed by atoms with E-state index < -0.39 is 11.7 Å². The third-order valence-corrected chi connectivity index (χ3v) is 3.23. The number of anilines is 1. The summed E-state index contributed by atoms with van der Waals surface area (Å²) in [5.41, 5.74) is -0.921. The van der Waals surface area contributed by atoms with E-state index in [9.17, 15) is 13.2 Å². The first-order valence-corrected chi connectivity index (χ1v) is 6.66. The van der Waals surface area contributed by atoms with Gasteiger partial charge >= 0.3 is 6.18 Å². The van der Waals surface area contributed by atoms with Crippen molar-refractivity contribution < 1.29 is 18.3 Å². The normalized spacial score (nSPS) is 12.0. The molecule has 0 aliphatic carbocycles. The summed E-state index contributed by atoms with van der Waals surface area (Å²) in [5.74, 6) is 0. The van der Waals surface area contributed by atoms with E-state index in [2.05, 4.69) is 5.32 Å². The number of nitrogens with one attached hydrogen (secondary N) is 1. The third kappa shape index (κ3) is 5.27. The second-order valence-electron chi connectivity index (χ2n) is 5.72. The monoisotopic (exact) mass is 300 g/mol. The summed E-state index contributed by atoms with van der Waals surface area (Å²) in [6.07, 6.45) is -3.14. The van der Waals surface area contributed by atoms with Gasteiger partial charge in [-0.25, -0.2) is 0 Å². The fourth-order valence-corrected chi connectivity index (χ4v) is 1.88. The van der Waals surface area contributed by atoms with Crippen molar-refractivity contribution in [2.75, 3.05) is 18.5 Å². The van der Waals surface area contributed by atoms with Crippen molar-refractivity contribution in [2.24, 2.45) is 5.41 Å². The van der Waals surface area contributed by atoms with Crippen LogP contribution in [0.25, 0.3) is 0 Å². The molecule has 0 unspecified atom stereocenters. The number of nitriles is 1. The van der Waals surface area contributed by atoms with Crippen molar-refractivity contribution in [3.8, 4) is 6.07 Å². The van der Waals surface area contributed by atoms with E-state index in [-0.39, 0.29) is 23.3 Å². The van der Waals surface area contributed by atoms with Gasteiger partial charge in [-0.1, -0.05) is 13.8 Å². The van der Waals surface area contributed by atoms with Crippen LogP contribution in [0.1, 0.15) is 37.8 Å². The third-order valence-electron chi connectivity index (χ3n) is 3.23. The van der Waals surface area contributed by atoms with Crippen LogP contribution in [-0.4, -0.2) is 18.3 Å². The van der Waals surface area contributed by atoms with E-state index in [0.717, 1.165) is 12.1 Å². The average Bonchev–Trinajstić information content (AvgIpc) is 2.42. The summed E-state index contributed by atoms with van der Waals surface area (Å²) in [7, 11) is 0. The van der Waals surface area contributed by atoms with Crippen LogP contribution in [0.2, 0.25) is 0 Å². The lowest BCUT2D eigenvalue weighted by atomic mass is 9.89. The maximum atomic E-state index is 12.9. The van der Waals surface area contributed by atoms with Crippen LogP contribution in [0.15, 0.2) is 18.2 Å². The Labute approximate surface area is 122 Å². The van der Waals surface area contributed by atoms with Crippen molar-refractivity contribution in [1.29, 1.82) is 5.26 Å². The summed E-state index contributed by atoms with van der Waals surface area (Å²) in [6, 6.07) is 5.11. The molecule has 0 aliphatic heterocycles. The highest BCUT2D eigenvalue weighted by Crippen LogP contribution is 2.35. The second kappa shape index (κ2) is 6.81. The summed E-state index contributed by atoms with van der Waals surface area (Å²) in [4.78, 5) is 0. The standard InChI is InChI=1S/C15H19F3N2O/c1-14(2,10-21)6-3-7-20-13-8-11(9-19)4-5-12(13)15(16,17)18/h4-5,8,20-21H,3,6-7,10H2,1-2H3. The molecule has 0 amide bonds. The first-order chi connectivity index (χ1) is 9.69. The molecule has 21 heavy (non-hydrogen) atoms. The van der Waals surface area contributed by atoms with E-state index in [1.165, 1.54) is 6.07 Å². The van der Waals surface area contributed by atoms with Crippen molar-refractivity contribution in [1.82, 2.24) is 0 Å². The highest BCUT2D eigenvalue weighted by atomic mass is 19.4. The van der Waals surface area contributed by atoms with Gasteiger partial charge in [-0.3, -0.25) is 0 Å². The molecule has 3 nitrogen and oxygen atoms in total. The van der Waals surface area contributed by atoms with Gasteiger partial charge in [0.25, 0.3) is 0 Å². The minimum atomic E-state index is -4.46. The molecular weight excluding hydrogens is 281 g/mol. The van der Waals surface area contributed by atoms with E-state index in [0.29, 0.717) is 19.4 Å². The van der Waals surface area contributed by atoms with Crippen LogP contribution in [0.5, 0.6) is 0 Å². The Hall–Kier alpha value is -1.74. The SMILES string of the molecule is CC(C)(CO)CCCNc1cc(C#N)ccc1C(F)(F)F. The Bertz CT molecular complexity index is 519. The zero-order valence-corrected chi connectivity index (χ0v) is 12.1. The summed E-state index contributed by atoms with van der Waals surface area (Å²) >= 11 is 0. The molecule has 0 radical (unpaired) electrons. The smallest absolute Gasteiger partial charge is 0.396 e. The van der Waals surface area contributed by atoms with Crippen molar-refractivity contribution in [3.05, 3.63) is 29.3 Å². The minimum absolute atomic E-state index is 0.0325. The number of nitrogens with zero attached hydrogens (tertiary/aromatic N) is 1. The molecule has 2 N–H and O–H groups in total. The largest absolute Gasteiger partial charge is 0.418 e. The first kappa shape index (κ1) is 17.3. The van der Waals surface area contributed by atoms with Gasteiger partial charge in [0.15, 0.2) is 0 Å². The van der Waals surface area contributed by atoms with Gasteiger partial charge < -0.3 is 10.4 Å². The lowest BCUT2D eigenvalue weighted by Gasteiger charge is -2.21. The van der Waals surface area contributed by atoms with E-state index in [4.69, 9.17) is 10.4 Å². The summed E-state index contributed by atoms with van der Waals surface area (Å²) in [6.45, 7) is 4.17. The van der Waals surface area contributed by atoms with Crippen LogP contribution >= 0.6 is 0 Å². The minimum Gasteiger partial charge on any atom is -0.396 e. The molecule has 0 spiro atoms. The lowest BCUT2D eigenvalue weighted by molar-refractivity contribution is -0.136. The Balaban J connectivity index is 2.75. The zero-order chi connectivity index (χ0) is 16.1. The number of hydrogen-bond acceptors (Lipinski definition) is 3. The fourth-order valence-electron chi connectivity index (χ4n) is 1.88. The van der Waals surface area contributed by atoms with Crippen LogP contribution in [0, 0.1) is 16.7 Å². The summed E-state index contributed by atoms with van der Waals surface area (Å²) < 4.78 is 38.6. The van der Waals surface area contributed by atoms with Gasteiger partial charge in [0.05, 0.1) is 17.2 Å². The molecule has 1 rings (SSSR count). The van der Waals surface area contributed by atoms with E-state index in [1.807, 2.05) is 19.9 Å². The van der Waals surface area contributed by atoms with Gasteiger partial charge in [0.1, 0.15) is 0 Å². The Morgan fingerprint density at radius 3 is 2.48 bits per heavy atom. The highest BCUT2D eigenvalue weighted by molar-refractivity contribution is 5.56. The molecule has 0 aromatic heterocycles. The molecule has 0 saturated heterocycles. The molecule has 116 valence electrons. The molecule has 0 bridgehead atoms. The molecule has 6 heteroatoms. The van der Waals surface area contributed by atoms with Crippen LogP contribution in [0.3, 0.4) is 0 Å². The second-order valence-corrected chi connectivity index (χ2v) is 5.72. The number of halogens is 3. The number of hydrogen-bond donors (Lipinski definition) is 2. The maximum absolute atomic E-state index is 12.9. The topological polar surface area (TPSA) is 56.0 Å². The molecular formula is C15H19F3N2O. The summed E-state index contributed by atoms with van der Waals surface area (Å²) in [5, 5.41) is 20.6. The van der Waals surface area contributed by atoms with Gasteiger partial charge in [-0.15, -0.1) is 0 Å². The van der Waals surface area contributed by atoms with Gasteiger partial charge in [0, 0.05) is 18.8 Å². The zero-order valence-electron chi connectivity index (χ0n) is 12.1. The average molecular weight is 300 g/mol. The number of rotatable bonds is 6. The molecule has 0 fully saturated rings. The van der Waals surface area contributed by atoms with Gasteiger partial charge in [-0.05, 0) is 36.5 Å². The first-order valence-electron chi connectivity index (χ1n) is 6.66. The van der Waals surface area contributed by atoms with Crippen molar-refractivity contribution >= 4 is 5.69 Å². The van der Waals surface area contributed by atoms with Gasteiger partial charge in [0.2, 0.25) is 0 Å². The number of alkyl halides is 3. The quantitative estimate of drug-likeness (QED) is 0.786. The molecule has 1 aromatic carbocycles. The van der Waals surface area contributed by atoms with Crippen LogP contribution in [0.4, 0.5) is 18.9 Å². The highest BCUT2D eigenvalue weighted by Gasteiger charge is 2.33. The predicted octanol–water partition coefficient (Wildman–Crippen LogP) is 3.79. The lowest BCUT2D eigenvalue weighted by Crippen LogP contribution is -2.18. The maximum Gasteiger partial charge on any atom is 0.418 e. The fraction of sp³-hybridized carbons (Fsp3) is 0.533. The Morgan fingerprint density at radius 2 is 1.95 bits per heavy atom. The Kier molecular flexibility index (Phi) is 5.62. The molecule has 0 aliphatic rings. The number of aliphatic hydroxyl groups is 1. The molecule has 0 heterocycles. The predicted molar refractivity (Wildman–Crippen MR) is 74.7 cm³/mol. The Morgan fingerprint density at radius 1 is 1.29 bits per heavy atom.